The first-order chi connectivity index (χ1) is 34.4. The molecule has 0 saturated carbocycles. The van der Waals surface area contributed by atoms with Gasteiger partial charge in [-0.1, -0.05) is 147 Å². The van der Waals surface area contributed by atoms with Crippen LogP contribution in [0.3, 0.4) is 0 Å². The molecule has 0 aliphatic heterocycles. The first-order valence-corrected chi connectivity index (χ1v) is 23.3. The summed E-state index contributed by atoms with van der Waals surface area (Å²) in [5.41, 5.74) is 4.15. The highest BCUT2D eigenvalue weighted by molar-refractivity contribution is 5.72. The van der Waals surface area contributed by atoms with E-state index in [4.69, 9.17) is 28.9 Å². The standard InChI is InChI=1S/C56H52N6O8/c63-47-37-43(29-31-45(47)55-59-51(39-19-9-5-10-20-39)57-52(60-55)40-21-11-6-12-22-40)67-33-35-69-49(65)27-17-3-1-2-4-18-28-50(66)70-36-34-68-44-30-32-46(48(64)38-44)56-61-53(41-23-13-7-14-24-41)58-54(62-56)42-25-15-8-16-26-42/h5-16,19-26,29-32,37-38,63-64H,1-4,17-18,27-28,33-36H2. The molecule has 0 unspecified atom stereocenters. The third-order valence-corrected chi connectivity index (χ3v) is 11.1. The molecule has 0 radical (unpaired) electrons. The van der Waals surface area contributed by atoms with Gasteiger partial charge in [0, 0.05) is 47.2 Å². The Kier molecular flexibility index (Phi) is 16.8. The number of benzene rings is 6. The van der Waals surface area contributed by atoms with Gasteiger partial charge in [0.15, 0.2) is 34.9 Å². The Balaban J connectivity index is 0.681. The van der Waals surface area contributed by atoms with E-state index in [1.165, 1.54) is 12.1 Å². The molecule has 2 aromatic heterocycles. The Bertz CT molecular complexity index is 2650. The fraction of sp³-hybridized carbons (Fsp3) is 0.214. The number of carbonyl (C=O) groups excluding carboxylic acids is 2. The topological polar surface area (TPSA) is 189 Å². The van der Waals surface area contributed by atoms with E-state index in [0.29, 0.717) is 83.3 Å². The number of ether oxygens (including phenoxy) is 4. The van der Waals surface area contributed by atoms with Gasteiger partial charge >= 0.3 is 11.9 Å². The molecule has 14 nitrogen and oxygen atoms in total. The molecule has 0 aliphatic carbocycles. The van der Waals surface area contributed by atoms with Gasteiger partial charge in [0.2, 0.25) is 0 Å². The molecule has 6 aromatic carbocycles. The molecule has 0 bridgehead atoms. The highest BCUT2D eigenvalue weighted by Crippen LogP contribution is 2.34. The number of hydrogen-bond donors (Lipinski definition) is 2. The van der Waals surface area contributed by atoms with E-state index in [2.05, 4.69) is 19.9 Å². The largest absolute Gasteiger partial charge is 0.507 e. The molecule has 2 N–H and O–H groups in total. The van der Waals surface area contributed by atoms with Gasteiger partial charge in [-0.25, -0.2) is 29.9 Å². The zero-order chi connectivity index (χ0) is 48.3. The predicted molar refractivity (Wildman–Crippen MR) is 265 cm³/mol. The number of phenolic OH excluding ortho intramolecular Hbond substituents is 2. The van der Waals surface area contributed by atoms with Crippen molar-refractivity contribution in [1.82, 2.24) is 29.9 Å². The van der Waals surface area contributed by atoms with Crippen molar-refractivity contribution in [3.63, 3.8) is 0 Å². The van der Waals surface area contributed by atoms with Crippen LogP contribution in [0.1, 0.15) is 51.4 Å². The van der Waals surface area contributed by atoms with Crippen molar-refractivity contribution in [2.45, 2.75) is 51.4 Å². The number of aromatic hydroxyl groups is 2. The number of esters is 2. The first-order valence-electron chi connectivity index (χ1n) is 23.3. The van der Waals surface area contributed by atoms with Gasteiger partial charge in [0.25, 0.3) is 0 Å². The number of carbonyl (C=O) groups is 2. The van der Waals surface area contributed by atoms with Crippen molar-refractivity contribution in [3.05, 3.63) is 158 Å². The maximum atomic E-state index is 12.3. The summed E-state index contributed by atoms with van der Waals surface area (Å²) in [6.07, 6.45) is 5.63. The Morgan fingerprint density at radius 3 is 0.971 bits per heavy atom. The van der Waals surface area contributed by atoms with Crippen LogP contribution >= 0.6 is 0 Å². The van der Waals surface area contributed by atoms with Gasteiger partial charge in [-0.15, -0.1) is 0 Å². The summed E-state index contributed by atoms with van der Waals surface area (Å²) in [5.74, 6) is 2.71. The van der Waals surface area contributed by atoms with Crippen molar-refractivity contribution < 1.29 is 38.7 Å². The molecule has 70 heavy (non-hydrogen) atoms. The molecular formula is C56H52N6O8. The van der Waals surface area contributed by atoms with Crippen LogP contribution < -0.4 is 9.47 Å². The lowest BCUT2D eigenvalue weighted by atomic mass is 10.1. The maximum Gasteiger partial charge on any atom is 0.305 e. The summed E-state index contributed by atoms with van der Waals surface area (Å²) in [7, 11) is 0. The summed E-state index contributed by atoms with van der Waals surface area (Å²) in [6.45, 7) is 0.393. The van der Waals surface area contributed by atoms with E-state index >= 15 is 0 Å². The third-order valence-electron chi connectivity index (χ3n) is 11.1. The fourth-order valence-electron chi connectivity index (χ4n) is 7.46. The van der Waals surface area contributed by atoms with E-state index in [9.17, 15) is 19.8 Å². The maximum absolute atomic E-state index is 12.3. The van der Waals surface area contributed by atoms with Crippen molar-refractivity contribution in [2.75, 3.05) is 26.4 Å². The Hall–Kier alpha value is -8.52. The molecular weight excluding hydrogens is 885 g/mol. The van der Waals surface area contributed by atoms with Crippen LogP contribution in [0.15, 0.2) is 158 Å². The molecule has 0 fully saturated rings. The molecule has 8 rings (SSSR count). The van der Waals surface area contributed by atoms with Gasteiger partial charge in [-0.05, 0) is 37.1 Å². The van der Waals surface area contributed by atoms with E-state index in [-0.39, 0.29) is 49.9 Å². The highest BCUT2D eigenvalue weighted by atomic mass is 16.6. The number of aromatic nitrogens is 6. The van der Waals surface area contributed by atoms with Crippen LogP contribution in [-0.4, -0.2) is 78.5 Å². The summed E-state index contributed by atoms with van der Waals surface area (Å²) in [4.78, 5) is 52.8. The molecule has 0 amide bonds. The predicted octanol–water partition coefficient (Wildman–Crippen LogP) is 11.1. The van der Waals surface area contributed by atoms with Crippen LogP contribution in [0.4, 0.5) is 0 Å². The Morgan fingerprint density at radius 2 is 0.657 bits per heavy atom. The van der Waals surface area contributed by atoms with Crippen LogP contribution in [0, 0.1) is 0 Å². The van der Waals surface area contributed by atoms with Crippen LogP contribution in [0.5, 0.6) is 23.0 Å². The van der Waals surface area contributed by atoms with Gasteiger partial charge in [0.05, 0.1) is 11.1 Å². The van der Waals surface area contributed by atoms with E-state index in [1.807, 2.05) is 121 Å². The molecule has 354 valence electrons. The molecule has 0 saturated heterocycles. The lowest BCUT2D eigenvalue weighted by molar-refractivity contribution is -0.145. The molecule has 0 aliphatic rings. The minimum atomic E-state index is -0.296. The first kappa shape index (κ1) is 48.0. The average Bonchev–Trinajstić information content (AvgIpc) is 3.40. The lowest BCUT2D eigenvalue weighted by Crippen LogP contribution is -2.12. The van der Waals surface area contributed by atoms with Crippen molar-refractivity contribution >= 4 is 11.9 Å². The minimum Gasteiger partial charge on any atom is -0.507 e. The van der Waals surface area contributed by atoms with Gasteiger partial charge in [-0.2, -0.15) is 0 Å². The molecule has 0 spiro atoms. The van der Waals surface area contributed by atoms with Crippen molar-refractivity contribution in [1.29, 1.82) is 0 Å². The lowest BCUT2D eigenvalue weighted by Gasteiger charge is -2.11. The summed E-state index contributed by atoms with van der Waals surface area (Å²) in [6, 6.07) is 48.2. The SMILES string of the molecule is O=C(CCCCCCCCC(=O)OCCOc1ccc(-c2nc(-c3ccccc3)nc(-c3ccccc3)n2)c(O)c1)OCCOc1ccc(-c2nc(-c3ccccc3)nc(-c3ccccc3)n2)c(O)c1. The number of phenols is 2. The minimum absolute atomic E-state index is 0.0578. The fourth-order valence-corrected chi connectivity index (χ4v) is 7.46. The second kappa shape index (κ2) is 24.5. The van der Waals surface area contributed by atoms with Gasteiger partial charge in [0.1, 0.15) is 49.4 Å². The second-order valence-corrected chi connectivity index (χ2v) is 16.2. The number of nitrogens with zero attached hydrogens (tertiary/aromatic N) is 6. The number of unbranched alkanes of at least 4 members (excludes halogenated alkanes) is 5. The van der Waals surface area contributed by atoms with E-state index in [0.717, 1.165) is 47.9 Å². The van der Waals surface area contributed by atoms with Gasteiger partial charge in [-0.3, -0.25) is 9.59 Å². The quantitative estimate of drug-likeness (QED) is 0.0455. The zero-order valence-electron chi connectivity index (χ0n) is 38.5. The normalized spacial score (nSPS) is 10.9. The molecule has 0 atom stereocenters. The zero-order valence-corrected chi connectivity index (χ0v) is 38.5. The van der Waals surface area contributed by atoms with Crippen LogP contribution in [-0.2, 0) is 19.1 Å². The monoisotopic (exact) mass is 936 g/mol. The average molecular weight is 937 g/mol. The smallest absolute Gasteiger partial charge is 0.305 e. The third kappa shape index (κ3) is 13.6. The van der Waals surface area contributed by atoms with Crippen LogP contribution in [0.25, 0.3) is 68.3 Å². The second-order valence-electron chi connectivity index (χ2n) is 16.2. The summed E-state index contributed by atoms with van der Waals surface area (Å²) >= 11 is 0. The number of hydrogen-bond acceptors (Lipinski definition) is 14. The van der Waals surface area contributed by atoms with Crippen molar-refractivity contribution in [2.24, 2.45) is 0 Å². The Labute approximate surface area is 406 Å². The molecule has 8 aromatic rings. The molecule has 2 heterocycles. The highest BCUT2D eigenvalue weighted by Gasteiger charge is 2.18. The van der Waals surface area contributed by atoms with Crippen molar-refractivity contribution in [3.8, 4) is 91.3 Å². The van der Waals surface area contributed by atoms with E-state index < -0.39 is 0 Å². The van der Waals surface area contributed by atoms with Gasteiger partial charge < -0.3 is 29.2 Å². The van der Waals surface area contributed by atoms with E-state index in [1.54, 1.807) is 24.3 Å². The summed E-state index contributed by atoms with van der Waals surface area (Å²) in [5, 5.41) is 22.0. The molecule has 14 heteroatoms. The van der Waals surface area contributed by atoms with Crippen LogP contribution in [0.2, 0.25) is 0 Å². The number of rotatable bonds is 23. The Morgan fingerprint density at radius 1 is 0.357 bits per heavy atom. The summed E-state index contributed by atoms with van der Waals surface area (Å²) < 4.78 is 22.2.